The third-order valence-electron chi connectivity index (χ3n) is 6.37. The summed E-state index contributed by atoms with van der Waals surface area (Å²) in [6.45, 7) is 15.1. The van der Waals surface area contributed by atoms with Gasteiger partial charge in [0.2, 0.25) is 0 Å². The summed E-state index contributed by atoms with van der Waals surface area (Å²) in [5.41, 5.74) is 0. The second-order valence-corrected chi connectivity index (χ2v) is 7.77. The van der Waals surface area contributed by atoms with Gasteiger partial charge in [0.25, 0.3) is 0 Å². The van der Waals surface area contributed by atoms with E-state index >= 15 is 0 Å². The Kier molecular flexibility index (Phi) is 6.51. The lowest BCUT2D eigenvalue weighted by Gasteiger charge is -2.48. The molecule has 10 atom stereocenters. The van der Waals surface area contributed by atoms with Crippen LogP contribution < -0.4 is 0 Å². The van der Waals surface area contributed by atoms with Gasteiger partial charge in [-0.3, -0.25) is 0 Å². The molecule has 0 amide bonds. The highest BCUT2D eigenvalue weighted by atomic mass is 16.7. The van der Waals surface area contributed by atoms with E-state index < -0.39 is 6.10 Å². The molecule has 0 aromatic carbocycles. The molecule has 2 heterocycles. The van der Waals surface area contributed by atoms with Crippen LogP contribution in [-0.2, 0) is 14.2 Å². The molecule has 0 aromatic rings. The molecule has 0 spiro atoms. The molecule has 0 saturated carbocycles. The van der Waals surface area contributed by atoms with Gasteiger partial charge < -0.3 is 19.3 Å². The van der Waals surface area contributed by atoms with Crippen LogP contribution in [0.2, 0.25) is 0 Å². The molecule has 2 rings (SSSR count). The molecular formula is C19H36O4. The first-order valence-corrected chi connectivity index (χ1v) is 9.46. The minimum atomic E-state index is -0.486. The zero-order valence-corrected chi connectivity index (χ0v) is 15.9. The molecule has 2 aliphatic rings. The van der Waals surface area contributed by atoms with Crippen LogP contribution in [0.1, 0.15) is 61.3 Å². The van der Waals surface area contributed by atoms with E-state index in [1.807, 2.05) is 6.92 Å². The van der Waals surface area contributed by atoms with Gasteiger partial charge in [0.05, 0.1) is 30.5 Å². The summed E-state index contributed by atoms with van der Waals surface area (Å²) in [5.74, 6) is 1.49. The third-order valence-corrected chi connectivity index (χ3v) is 6.37. The SMILES string of the molecule is CCC1O[C@@H](O[C@H]2C(CC)O[C@@H](C)C(O)[C@H]2C)C(C)[C@@H](C)[C@H]1C. The zero-order valence-electron chi connectivity index (χ0n) is 15.9. The molecule has 4 heteroatoms. The average molecular weight is 328 g/mol. The second-order valence-electron chi connectivity index (χ2n) is 7.77. The van der Waals surface area contributed by atoms with E-state index in [0.717, 1.165) is 12.8 Å². The summed E-state index contributed by atoms with van der Waals surface area (Å²) in [7, 11) is 0. The van der Waals surface area contributed by atoms with Crippen molar-refractivity contribution < 1.29 is 19.3 Å². The first kappa shape index (κ1) is 19.2. The first-order valence-electron chi connectivity index (χ1n) is 9.46. The van der Waals surface area contributed by atoms with Crippen LogP contribution in [0.25, 0.3) is 0 Å². The molecule has 0 aliphatic carbocycles. The Morgan fingerprint density at radius 2 is 1.39 bits per heavy atom. The fraction of sp³-hybridized carbons (Fsp3) is 1.00. The molecule has 4 nitrogen and oxygen atoms in total. The first-order chi connectivity index (χ1) is 10.8. The van der Waals surface area contributed by atoms with E-state index in [1.165, 1.54) is 0 Å². The van der Waals surface area contributed by atoms with Crippen molar-refractivity contribution in [1.29, 1.82) is 0 Å². The van der Waals surface area contributed by atoms with Gasteiger partial charge in [-0.05, 0) is 31.6 Å². The van der Waals surface area contributed by atoms with Crippen LogP contribution in [-0.4, -0.2) is 41.9 Å². The van der Waals surface area contributed by atoms with Crippen LogP contribution in [0, 0.1) is 23.7 Å². The minimum Gasteiger partial charge on any atom is -0.390 e. The van der Waals surface area contributed by atoms with Crippen LogP contribution in [0.4, 0.5) is 0 Å². The van der Waals surface area contributed by atoms with E-state index in [-0.39, 0.29) is 36.6 Å². The lowest BCUT2D eigenvalue weighted by molar-refractivity contribution is -0.304. The number of aliphatic hydroxyl groups excluding tert-OH is 1. The maximum absolute atomic E-state index is 10.4. The van der Waals surface area contributed by atoms with Crippen molar-refractivity contribution >= 4 is 0 Å². The topological polar surface area (TPSA) is 47.9 Å². The molecule has 0 aromatic heterocycles. The summed E-state index contributed by atoms with van der Waals surface area (Å²) in [6, 6.07) is 0. The van der Waals surface area contributed by atoms with Gasteiger partial charge in [-0.1, -0.05) is 41.5 Å². The Morgan fingerprint density at radius 1 is 0.783 bits per heavy atom. The maximum Gasteiger partial charge on any atom is 0.161 e. The molecular weight excluding hydrogens is 292 g/mol. The monoisotopic (exact) mass is 328 g/mol. The van der Waals surface area contributed by atoms with E-state index in [4.69, 9.17) is 14.2 Å². The Labute approximate surface area is 141 Å². The quantitative estimate of drug-likeness (QED) is 0.856. The molecule has 0 bridgehead atoms. The number of hydrogen-bond donors (Lipinski definition) is 1. The highest BCUT2D eigenvalue weighted by Gasteiger charge is 2.45. The van der Waals surface area contributed by atoms with Gasteiger partial charge in [-0.2, -0.15) is 0 Å². The molecule has 0 radical (unpaired) electrons. The molecule has 136 valence electrons. The summed E-state index contributed by atoms with van der Waals surface area (Å²) in [5, 5.41) is 10.4. The molecule has 2 fully saturated rings. The molecule has 1 N–H and O–H groups in total. The van der Waals surface area contributed by atoms with Crippen molar-refractivity contribution in [2.45, 2.75) is 98.1 Å². The Bertz CT molecular complexity index is 370. The second kappa shape index (κ2) is 7.81. The van der Waals surface area contributed by atoms with Crippen molar-refractivity contribution in [2.75, 3.05) is 0 Å². The van der Waals surface area contributed by atoms with Crippen LogP contribution >= 0.6 is 0 Å². The van der Waals surface area contributed by atoms with Crippen molar-refractivity contribution in [3.8, 4) is 0 Å². The van der Waals surface area contributed by atoms with Crippen LogP contribution in [0.5, 0.6) is 0 Å². The van der Waals surface area contributed by atoms with E-state index in [1.54, 1.807) is 0 Å². The molecule has 4 unspecified atom stereocenters. The lowest BCUT2D eigenvalue weighted by Crippen LogP contribution is -2.56. The predicted molar refractivity (Wildman–Crippen MR) is 91.1 cm³/mol. The summed E-state index contributed by atoms with van der Waals surface area (Å²) in [4.78, 5) is 0. The Morgan fingerprint density at radius 3 is 1.96 bits per heavy atom. The number of rotatable bonds is 4. The van der Waals surface area contributed by atoms with Gasteiger partial charge in [-0.15, -0.1) is 0 Å². The summed E-state index contributed by atoms with van der Waals surface area (Å²) in [6.07, 6.45) is 1.21. The smallest absolute Gasteiger partial charge is 0.161 e. The molecule has 23 heavy (non-hydrogen) atoms. The molecule has 2 saturated heterocycles. The van der Waals surface area contributed by atoms with Gasteiger partial charge in [0.15, 0.2) is 6.29 Å². The van der Waals surface area contributed by atoms with Crippen LogP contribution in [0.15, 0.2) is 0 Å². The van der Waals surface area contributed by atoms with Gasteiger partial charge in [0, 0.05) is 11.8 Å². The van der Waals surface area contributed by atoms with Crippen molar-refractivity contribution in [1.82, 2.24) is 0 Å². The highest BCUT2D eigenvalue weighted by molar-refractivity contribution is 4.90. The highest BCUT2D eigenvalue weighted by Crippen LogP contribution is 2.39. The van der Waals surface area contributed by atoms with E-state index in [0.29, 0.717) is 17.8 Å². The molecule has 2 aliphatic heterocycles. The third kappa shape index (κ3) is 3.76. The van der Waals surface area contributed by atoms with Gasteiger partial charge in [0.1, 0.15) is 0 Å². The van der Waals surface area contributed by atoms with Crippen molar-refractivity contribution in [3.63, 3.8) is 0 Å². The van der Waals surface area contributed by atoms with Crippen LogP contribution in [0.3, 0.4) is 0 Å². The Hall–Kier alpha value is -0.160. The van der Waals surface area contributed by atoms with Gasteiger partial charge in [-0.25, -0.2) is 0 Å². The maximum atomic E-state index is 10.4. The number of aliphatic hydroxyl groups is 1. The predicted octanol–water partition coefficient (Wildman–Crippen LogP) is 3.61. The van der Waals surface area contributed by atoms with Crippen molar-refractivity contribution in [3.05, 3.63) is 0 Å². The number of hydrogen-bond acceptors (Lipinski definition) is 4. The van der Waals surface area contributed by atoms with Crippen molar-refractivity contribution in [2.24, 2.45) is 23.7 Å². The zero-order chi connectivity index (χ0) is 17.3. The summed E-state index contributed by atoms with van der Waals surface area (Å²) < 4.78 is 18.7. The Balaban J connectivity index is 2.11. The number of ether oxygens (including phenoxy) is 3. The van der Waals surface area contributed by atoms with E-state index in [2.05, 4.69) is 41.5 Å². The average Bonchev–Trinajstić information content (AvgIpc) is 2.55. The normalized spacial score (nSPS) is 51.7. The lowest BCUT2D eigenvalue weighted by atomic mass is 9.78. The summed E-state index contributed by atoms with van der Waals surface area (Å²) >= 11 is 0. The van der Waals surface area contributed by atoms with E-state index in [9.17, 15) is 5.11 Å². The van der Waals surface area contributed by atoms with Gasteiger partial charge >= 0.3 is 0 Å². The largest absolute Gasteiger partial charge is 0.390 e. The fourth-order valence-corrected chi connectivity index (χ4v) is 4.20. The standard InChI is InChI=1S/C19H36O4/c1-8-15-11(4)10(3)12(5)19(22-15)23-18-13(6)17(20)14(7)21-16(18)9-2/h10-20H,8-9H2,1-7H3/t10-,11+,12?,13+,14-,15?,16?,17?,18+,19-/m0/s1. The minimum absolute atomic E-state index is 0.0222. The fourth-order valence-electron chi connectivity index (χ4n) is 4.20.